The molecular weight excluding hydrogens is 486 g/mol. The number of rotatable bonds is 5. The predicted octanol–water partition coefficient (Wildman–Crippen LogP) is 2.13. The number of hydrogen-bond donors (Lipinski definition) is 6. The van der Waals surface area contributed by atoms with Crippen LogP contribution in [-0.4, -0.2) is 62.7 Å². The van der Waals surface area contributed by atoms with Crippen molar-refractivity contribution in [3.8, 4) is 0 Å². The van der Waals surface area contributed by atoms with Crippen LogP contribution in [0.4, 0.5) is 0 Å². The molecular formula is C29H47N3O6. The predicted molar refractivity (Wildman–Crippen MR) is 144 cm³/mol. The smallest absolute Gasteiger partial charge is 0.331 e. The number of hydrogen-bond acceptors (Lipinski definition) is 8. The standard InChI is InChI=1S/C29H47N3O6/c1-15(2)7-6-8-17(25(36)37)22-21(38-16(3)33)14-27(5)28(31)12-9-18-23(30)19(34)10-11-26(18,4)24(28)20(35)13-29(22,27)32/h7,18-21,23-24,34-35H,6,8-14,30-32H2,1-5H3,(H,36,37)/b22-17+/t18-,19+,20+,21-,23-,24-,26-,27+,28+,29+/m0/s1. The van der Waals surface area contributed by atoms with Crippen molar-refractivity contribution in [1.82, 2.24) is 0 Å². The number of esters is 1. The van der Waals surface area contributed by atoms with Gasteiger partial charge in [-0.25, -0.2) is 4.79 Å². The second-order valence-electron chi connectivity index (χ2n) is 13.2. The molecule has 0 aromatic heterocycles. The zero-order valence-corrected chi connectivity index (χ0v) is 23.5. The van der Waals surface area contributed by atoms with E-state index in [9.17, 15) is 24.9 Å². The maximum Gasteiger partial charge on any atom is 0.331 e. The molecule has 4 rings (SSSR count). The summed E-state index contributed by atoms with van der Waals surface area (Å²) in [7, 11) is 0. The molecule has 0 aliphatic heterocycles. The van der Waals surface area contributed by atoms with E-state index in [0.717, 1.165) is 5.57 Å². The fourth-order valence-electron chi connectivity index (χ4n) is 9.25. The first-order chi connectivity index (χ1) is 17.5. The molecule has 9 heteroatoms. The van der Waals surface area contributed by atoms with Crippen molar-refractivity contribution in [2.75, 3.05) is 0 Å². The highest BCUT2D eigenvalue weighted by atomic mass is 16.5. The first-order valence-corrected chi connectivity index (χ1v) is 14.0. The number of allylic oxidation sites excluding steroid dienone is 2. The van der Waals surface area contributed by atoms with Crippen LogP contribution in [0, 0.1) is 22.7 Å². The first kappa shape index (κ1) is 29.2. The van der Waals surface area contributed by atoms with E-state index in [1.807, 2.05) is 26.8 Å². The highest BCUT2D eigenvalue weighted by Crippen LogP contribution is 2.70. The van der Waals surface area contributed by atoms with E-state index in [1.54, 1.807) is 0 Å². The van der Waals surface area contributed by atoms with Crippen molar-refractivity contribution < 1.29 is 29.6 Å². The molecule has 4 fully saturated rings. The lowest BCUT2D eigenvalue weighted by Crippen LogP contribution is -2.80. The third kappa shape index (κ3) is 4.08. The summed E-state index contributed by atoms with van der Waals surface area (Å²) in [6, 6.07) is -0.399. The molecule has 0 spiro atoms. The Morgan fingerprint density at radius 3 is 2.29 bits per heavy atom. The maximum atomic E-state index is 12.7. The Kier molecular flexibility index (Phi) is 7.45. The number of carboxylic acid groups (broad SMARTS) is 1. The molecule has 10 atom stereocenters. The molecule has 0 unspecified atom stereocenters. The van der Waals surface area contributed by atoms with Gasteiger partial charge in [0.15, 0.2) is 0 Å². The largest absolute Gasteiger partial charge is 0.478 e. The molecule has 4 saturated carbocycles. The van der Waals surface area contributed by atoms with Crippen molar-refractivity contribution >= 4 is 11.9 Å². The summed E-state index contributed by atoms with van der Waals surface area (Å²) in [4.78, 5) is 24.9. The van der Waals surface area contributed by atoms with Crippen LogP contribution in [-0.2, 0) is 14.3 Å². The van der Waals surface area contributed by atoms with Gasteiger partial charge < -0.3 is 37.3 Å². The summed E-state index contributed by atoms with van der Waals surface area (Å²) < 4.78 is 5.78. The van der Waals surface area contributed by atoms with Gasteiger partial charge in [-0.15, -0.1) is 0 Å². The van der Waals surface area contributed by atoms with Gasteiger partial charge >= 0.3 is 11.9 Å². The molecule has 0 saturated heterocycles. The van der Waals surface area contributed by atoms with Gasteiger partial charge in [0.05, 0.1) is 17.7 Å². The van der Waals surface area contributed by atoms with Gasteiger partial charge in [0.1, 0.15) is 6.10 Å². The lowest BCUT2D eigenvalue weighted by Gasteiger charge is -2.70. The van der Waals surface area contributed by atoms with Gasteiger partial charge in [0, 0.05) is 41.0 Å². The number of fused-ring (bicyclic) bond motifs is 5. The molecule has 0 heterocycles. The molecule has 0 aromatic carbocycles. The fourth-order valence-corrected chi connectivity index (χ4v) is 9.25. The summed E-state index contributed by atoms with van der Waals surface area (Å²) >= 11 is 0. The van der Waals surface area contributed by atoms with Crippen LogP contribution in [0.3, 0.4) is 0 Å². The van der Waals surface area contributed by atoms with Gasteiger partial charge in [-0.3, -0.25) is 4.79 Å². The monoisotopic (exact) mass is 533 g/mol. The summed E-state index contributed by atoms with van der Waals surface area (Å²) in [5.41, 5.74) is 19.3. The Bertz CT molecular complexity index is 1050. The van der Waals surface area contributed by atoms with Gasteiger partial charge in [-0.2, -0.15) is 0 Å². The highest BCUT2D eigenvalue weighted by molar-refractivity contribution is 5.89. The summed E-state index contributed by atoms with van der Waals surface area (Å²) in [5, 5.41) is 32.7. The highest BCUT2D eigenvalue weighted by Gasteiger charge is 2.75. The lowest BCUT2D eigenvalue weighted by atomic mass is 9.38. The number of aliphatic hydroxyl groups excluding tert-OH is 2. The lowest BCUT2D eigenvalue weighted by molar-refractivity contribution is -0.198. The quantitative estimate of drug-likeness (QED) is 0.175. The third-order valence-electron chi connectivity index (χ3n) is 11.0. The number of aliphatic carboxylic acids is 1. The van der Waals surface area contributed by atoms with Gasteiger partial charge in [-0.1, -0.05) is 25.5 Å². The third-order valence-corrected chi connectivity index (χ3v) is 11.0. The SMILES string of the molecule is CC(=O)O[C@H]1C[C@@]2(C)[C@@](N)(C[C@@H](O)[C@H]3[C@@]4(C)CC[C@@H](O)[C@@H](N)[C@@H]4CC[C@@]32N)/C1=C(\CCC=C(C)C)C(=O)O. The minimum atomic E-state index is -1.28. The van der Waals surface area contributed by atoms with Gasteiger partial charge in [0.2, 0.25) is 0 Å². The van der Waals surface area contributed by atoms with E-state index >= 15 is 0 Å². The maximum absolute atomic E-state index is 12.7. The van der Waals surface area contributed by atoms with E-state index in [0.29, 0.717) is 37.7 Å². The second-order valence-corrected chi connectivity index (χ2v) is 13.2. The minimum absolute atomic E-state index is 0.00390. The van der Waals surface area contributed by atoms with Crippen LogP contribution in [0.1, 0.15) is 86.0 Å². The zero-order valence-electron chi connectivity index (χ0n) is 23.5. The molecule has 9 nitrogen and oxygen atoms in total. The number of carboxylic acids is 1. The second kappa shape index (κ2) is 9.70. The van der Waals surface area contributed by atoms with Crippen LogP contribution in [0.2, 0.25) is 0 Å². The van der Waals surface area contributed by atoms with E-state index in [1.165, 1.54) is 6.92 Å². The number of ether oxygens (including phenoxy) is 1. The van der Waals surface area contributed by atoms with Crippen LogP contribution in [0.25, 0.3) is 0 Å². The average molecular weight is 534 g/mol. The molecule has 38 heavy (non-hydrogen) atoms. The topological polar surface area (TPSA) is 182 Å². The van der Waals surface area contributed by atoms with Crippen molar-refractivity contribution in [2.45, 2.75) is 121 Å². The van der Waals surface area contributed by atoms with E-state index in [-0.39, 0.29) is 36.7 Å². The Morgan fingerprint density at radius 1 is 1.05 bits per heavy atom. The molecule has 9 N–H and O–H groups in total. The van der Waals surface area contributed by atoms with Gasteiger partial charge in [0.25, 0.3) is 0 Å². The zero-order chi connectivity index (χ0) is 28.4. The average Bonchev–Trinajstić information content (AvgIpc) is 3.00. The normalized spacial score (nSPS) is 47.3. The molecule has 4 aliphatic rings. The Balaban J connectivity index is 1.88. The van der Waals surface area contributed by atoms with Gasteiger partial charge in [-0.05, 0) is 76.5 Å². The summed E-state index contributed by atoms with van der Waals surface area (Å²) in [6.45, 7) is 9.34. The Hall–Kier alpha value is -1.78. The molecule has 0 amide bonds. The molecule has 214 valence electrons. The number of carbonyl (C=O) groups is 2. The molecule has 0 aromatic rings. The van der Waals surface area contributed by atoms with Crippen molar-refractivity contribution in [3.63, 3.8) is 0 Å². The number of carbonyl (C=O) groups excluding carboxylic acids is 1. The van der Waals surface area contributed by atoms with Crippen molar-refractivity contribution in [3.05, 3.63) is 22.8 Å². The summed E-state index contributed by atoms with van der Waals surface area (Å²) in [5.74, 6) is -1.97. The van der Waals surface area contributed by atoms with Crippen LogP contribution in [0.15, 0.2) is 22.8 Å². The van der Waals surface area contributed by atoms with Crippen molar-refractivity contribution in [1.29, 1.82) is 0 Å². The fraction of sp³-hybridized carbons (Fsp3) is 0.793. The first-order valence-electron chi connectivity index (χ1n) is 14.0. The van der Waals surface area contributed by atoms with Crippen molar-refractivity contribution in [2.24, 2.45) is 39.9 Å². The van der Waals surface area contributed by atoms with E-state index < -0.39 is 58.2 Å². The van der Waals surface area contributed by atoms with E-state index in [4.69, 9.17) is 21.9 Å². The molecule has 4 aliphatic carbocycles. The Labute approximate surface area is 225 Å². The molecule has 0 bridgehead atoms. The minimum Gasteiger partial charge on any atom is -0.478 e. The number of aliphatic hydroxyl groups is 2. The van der Waals surface area contributed by atoms with Crippen LogP contribution < -0.4 is 17.2 Å². The van der Waals surface area contributed by atoms with Crippen LogP contribution in [0.5, 0.6) is 0 Å². The summed E-state index contributed by atoms with van der Waals surface area (Å²) in [6.07, 6.45) is 3.17. The van der Waals surface area contributed by atoms with Crippen LogP contribution >= 0.6 is 0 Å². The molecule has 0 radical (unpaired) electrons. The number of nitrogens with two attached hydrogens (primary N) is 3. The Morgan fingerprint density at radius 2 is 1.71 bits per heavy atom. The van der Waals surface area contributed by atoms with E-state index in [2.05, 4.69) is 6.92 Å².